The zero-order valence-electron chi connectivity index (χ0n) is 11.4. The average Bonchev–Trinajstić information content (AvgIpc) is 2.81. The third-order valence-corrected chi connectivity index (χ3v) is 4.99. The van der Waals surface area contributed by atoms with E-state index in [2.05, 4.69) is 15.9 Å². The zero-order valence-corrected chi connectivity index (χ0v) is 13.0. The van der Waals surface area contributed by atoms with Crippen LogP contribution in [0.25, 0.3) is 0 Å². The van der Waals surface area contributed by atoms with Gasteiger partial charge in [0.2, 0.25) is 0 Å². The second kappa shape index (κ2) is 5.53. The fourth-order valence-electron chi connectivity index (χ4n) is 3.33. The largest absolute Gasteiger partial charge is 0.490 e. The van der Waals surface area contributed by atoms with E-state index in [0.29, 0.717) is 41.3 Å². The van der Waals surface area contributed by atoms with Gasteiger partial charge in [0, 0.05) is 30.0 Å². The molecular weight excluding hydrogens is 325 g/mol. The summed E-state index contributed by atoms with van der Waals surface area (Å²) in [5, 5.41) is 0. The van der Waals surface area contributed by atoms with Crippen molar-refractivity contribution in [2.24, 2.45) is 5.73 Å². The molecule has 1 aliphatic heterocycles. The summed E-state index contributed by atoms with van der Waals surface area (Å²) in [5.74, 6) is 0.947. The third kappa shape index (κ3) is 2.21. The molecule has 2 aliphatic rings. The summed E-state index contributed by atoms with van der Waals surface area (Å²) < 4.78 is 26.7. The lowest BCUT2D eigenvalue weighted by Crippen LogP contribution is -2.33. The first-order valence-electron chi connectivity index (χ1n) is 7.16. The number of benzene rings is 1. The van der Waals surface area contributed by atoms with Gasteiger partial charge in [-0.25, -0.2) is 4.39 Å². The summed E-state index contributed by atoms with van der Waals surface area (Å²) >= 11 is 3.30. The molecule has 0 atom stereocenters. The Kier molecular flexibility index (Phi) is 3.91. The van der Waals surface area contributed by atoms with Gasteiger partial charge in [0.25, 0.3) is 0 Å². The van der Waals surface area contributed by atoms with Crippen LogP contribution in [0.5, 0.6) is 11.5 Å². The topological polar surface area (TPSA) is 44.5 Å². The van der Waals surface area contributed by atoms with Gasteiger partial charge < -0.3 is 15.2 Å². The van der Waals surface area contributed by atoms with Crippen LogP contribution in [-0.4, -0.2) is 19.8 Å². The van der Waals surface area contributed by atoms with Crippen molar-refractivity contribution in [3.05, 3.63) is 21.9 Å². The molecule has 20 heavy (non-hydrogen) atoms. The van der Waals surface area contributed by atoms with Crippen LogP contribution in [0, 0.1) is 5.82 Å². The smallest absolute Gasteiger partial charge is 0.167 e. The number of ether oxygens (including phenoxy) is 2. The highest BCUT2D eigenvalue weighted by Gasteiger charge is 2.41. The number of hydrogen-bond acceptors (Lipinski definition) is 3. The van der Waals surface area contributed by atoms with Crippen LogP contribution in [0.1, 0.15) is 37.7 Å². The first kappa shape index (κ1) is 14.1. The molecule has 0 spiro atoms. The number of fused-ring (bicyclic) bond motifs is 1. The molecule has 0 bridgehead atoms. The van der Waals surface area contributed by atoms with Crippen molar-refractivity contribution < 1.29 is 13.9 Å². The molecule has 5 heteroatoms. The van der Waals surface area contributed by atoms with Gasteiger partial charge in [-0.2, -0.15) is 0 Å². The van der Waals surface area contributed by atoms with Gasteiger partial charge in [0.05, 0.1) is 17.7 Å². The van der Waals surface area contributed by atoms with E-state index < -0.39 is 0 Å². The van der Waals surface area contributed by atoms with Crippen LogP contribution in [0.2, 0.25) is 0 Å². The fourth-order valence-corrected chi connectivity index (χ4v) is 3.74. The molecule has 1 aromatic rings. The lowest BCUT2D eigenvalue weighted by atomic mass is 9.78. The van der Waals surface area contributed by atoms with E-state index in [1.807, 2.05) is 0 Å². The average molecular weight is 344 g/mol. The van der Waals surface area contributed by atoms with Crippen LogP contribution in [-0.2, 0) is 5.41 Å². The van der Waals surface area contributed by atoms with E-state index in [1.54, 1.807) is 6.07 Å². The molecular formula is C15H19BrFNO2. The monoisotopic (exact) mass is 343 g/mol. The molecule has 0 unspecified atom stereocenters. The molecule has 1 heterocycles. The summed E-state index contributed by atoms with van der Waals surface area (Å²) in [6.07, 6.45) is 4.79. The highest BCUT2D eigenvalue weighted by molar-refractivity contribution is 9.10. The number of nitrogens with two attached hydrogens (primary N) is 1. The standard InChI is InChI=1S/C15H19BrFNO2/c16-10-8-11-14(20-7-3-6-19-11)12(13(10)17)15(9-18)4-1-2-5-15/h8H,1-7,9,18H2. The van der Waals surface area contributed by atoms with E-state index in [0.717, 1.165) is 32.1 Å². The molecule has 1 aliphatic carbocycles. The lowest BCUT2D eigenvalue weighted by molar-refractivity contribution is 0.291. The Morgan fingerprint density at radius 1 is 1.20 bits per heavy atom. The van der Waals surface area contributed by atoms with E-state index >= 15 is 0 Å². The second-order valence-electron chi connectivity index (χ2n) is 5.62. The van der Waals surface area contributed by atoms with Gasteiger partial charge in [-0.1, -0.05) is 12.8 Å². The van der Waals surface area contributed by atoms with Crippen LogP contribution < -0.4 is 15.2 Å². The summed E-state index contributed by atoms with van der Waals surface area (Å²) in [4.78, 5) is 0. The normalized spacial score (nSPS) is 20.8. The van der Waals surface area contributed by atoms with Gasteiger partial charge in [-0.15, -0.1) is 0 Å². The maximum absolute atomic E-state index is 14.8. The Morgan fingerprint density at radius 3 is 2.60 bits per heavy atom. The predicted molar refractivity (Wildman–Crippen MR) is 78.9 cm³/mol. The molecule has 0 radical (unpaired) electrons. The van der Waals surface area contributed by atoms with Crippen molar-refractivity contribution in [2.45, 2.75) is 37.5 Å². The molecule has 1 fully saturated rings. The maximum Gasteiger partial charge on any atom is 0.167 e. The van der Waals surface area contributed by atoms with E-state index in [-0.39, 0.29) is 11.2 Å². The Bertz CT molecular complexity index is 515. The second-order valence-corrected chi connectivity index (χ2v) is 6.47. The van der Waals surface area contributed by atoms with E-state index in [9.17, 15) is 4.39 Å². The molecule has 1 saturated carbocycles. The van der Waals surface area contributed by atoms with Crippen LogP contribution in [0.3, 0.4) is 0 Å². The molecule has 0 amide bonds. The molecule has 0 aromatic heterocycles. The Balaban J connectivity index is 2.20. The van der Waals surface area contributed by atoms with E-state index in [4.69, 9.17) is 15.2 Å². The van der Waals surface area contributed by atoms with Crippen LogP contribution >= 0.6 is 15.9 Å². The third-order valence-electron chi connectivity index (χ3n) is 4.41. The molecule has 2 N–H and O–H groups in total. The first-order chi connectivity index (χ1) is 9.68. The first-order valence-corrected chi connectivity index (χ1v) is 7.95. The van der Waals surface area contributed by atoms with Gasteiger partial charge in [0.15, 0.2) is 11.5 Å². The van der Waals surface area contributed by atoms with Crippen molar-refractivity contribution in [1.82, 2.24) is 0 Å². The fraction of sp³-hybridized carbons (Fsp3) is 0.600. The number of halogens is 2. The molecule has 110 valence electrons. The summed E-state index contributed by atoms with van der Waals surface area (Å²) in [5.41, 5.74) is 6.31. The van der Waals surface area contributed by atoms with E-state index in [1.165, 1.54) is 0 Å². The molecule has 3 rings (SSSR count). The van der Waals surface area contributed by atoms with Crippen molar-refractivity contribution >= 4 is 15.9 Å². The van der Waals surface area contributed by atoms with Crippen molar-refractivity contribution in [3.8, 4) is 11.5 Å². The highest BCUT2D eigenvalue weighted by atomic mass is 79.9. The minimum atomic E-state index is -0.314. The maximum atomic E-state index is 14.8. The van der Waals surface area contributed by atoms with Crippen molar-refractivity contribution in [3.63, 3.8) is 0 Å². The molecule has 0 saturated heterocycles. The van der Waals surface area contributed by atoms with Crippen molar-refractivity contribution in [1.29, 1.82) is 0 Å². The van der Waals surface area contributed by atoms with Gasteiger partial charge >= 0.3 is 0 Å². The van der Waals surface area contributed by atoms with Crippen molar-refractivity contribution in [2.75, 3.05) is 19.8 Å². The number of rotatable bonds is 2. The quantitative estimate of drug-likeness (QED) is 0.893. The Morgan fingerprint density at radius 2 is 1.90 bits per heavy atom. The lowest BCUT2D eigenvalue weighted by Gasteiger charge is -2.31. The van der Waals surface area contributed by atoms with Crippen LogP contribution in [0.4, 0.5) is 4.39 Å². The molecule has 1 aromatic carbocycles. The van der Waals surface area contributed by atoms with Gasteiger partial charge in [-0.05, 0) is 28.8 Å². The molecule has 3 nitrogen and oxygen atoms in total. The summed E-state index contributed by atoms with van der Waals surface area (Å²) in [6.45, 7) is 1.60. The summed E-state index contributed by atoms with van der Waals surface area (Å²) in [6, 6.07) is 1.67. The Hall–Kier alpha value is -0.810. The number of hydrogen-bond donors (Lipinski definition) is 1. The SMILES string of the molecule is NCC1(c2c(F)c(Br)cc3c2OCCCO3)CCCC1. The predicted octanol–water partition coefficient (Wildman–Crippen LogP) is 3.52. The van der Waals surface area contributed by atoms with Gasteiger partial charge in [0.1, 0.15) is 5.82 Å². The minimum absolute atomic E-state index is 0.249. The Labute approximate surface area is 126 Å². The minimum Gasteiger partial charge on any atom is -0.490 e. The van der Waals surface area contributed by atoms with Crippen LogP contribution in [0.15, 0.2) is 10.5 Å². The summed E-state index contributed by atoms with van der Waals surface area (Å²) in [7, 11) is 0. The zero-order chi connectivity index (χ0) is 14.2. The highest BCUT2D eigenvalue weighted by Crippen LogP contribution is 2.50. The van der Waals surface area contributed by atoms with Gasteiger partial charge in [-0.3, -0.25) is 0 Å².